The topological polar surface area (TPSA) is 12.4 Å². The summed E-state index contributed by atoms with van der Waals surface area (Å²) in [6.07, 6.45) is 2.95. The van der Waals surface area contributed by atoms with Gasteiger partial charge in [-0.15, -0.1) is 0 Å². The first-order chi connectivity index (χ1) is 8.34. The molecule has 0 atom stereocenters. The number of aliphatic imine (C=N–C) groups is 1. The zero-order valence-electron chi connectivity index (χ0n) is 10.1. The van der Waals surface area contributed by atoms with Crippen LogP contribution >= 0.6 is 0 Å². The lowest BCUT2D eigenvalue weighted by Crippen LogP contribution is -1.91. The van der Waals surface area contributed by atoms with Crippen LogP contribution in [0.15, 0.2) is 59.6 Å². The van der Waals surface area contributed by atoms with E-state index in [1.165, 1.54) is 11.1 Å². The van der Waals surface area contributed by atoms with Crippen molar-refractivity contribution in [1.29, 1.82) is 0 Å². The van der Waals surface area contributed by atoms with E-state index in [0.717, 1.165) is 18.5 Å². The molecule has 86 valence electrons. The van der Waals surface area contributed by atoms with Gasteiger partial charge in [0.1, 0.15) is 0 Å². The Morgan fingerprint density at radius 2 is 1.82 bits per heavy atom. The summed E-state index contributed by atoms with van der Waals surface area (Å²) in [4.78, 5) is 4.44. The number of nitrogens with zero attached hydrogens (tertiary/aromatic N) is 1. The lowest BCUT2D eigenvalue weighted by atomic mass is 10.1. The predicted octanol–water partition coefficient (Wildman–Crippen LogP) is 3.66. The molecule has 2 rings (SSSR count). The normalized spacial score (nSPS) is 10.9. The lowest BCUT2D eigenvalue weighted by molar-refractivity contribution is 0.971. The molecule has 0 amide bonds. The number of aryl methyl sites for hydroxylation is 1. The molecule has 2 aromatic carbocycles. The molecule has 0 aliphatic carbocycles. The van der Waals surface area contributed by atoms with E-state index in [0.29, 0.717) is 0 Å². The maximum absolute atomic E-state index is 4.44. The van der Waals surface area contributed by atoms with E-state index in [-0.39, 0.29) is 0 Å². The third-order valence-electron chi connectivity index (χ3n) is 2.65. The van der Waals surface area contributed by atoms with Gasteiger partial charge in [0.05, 0.1) is 0 Å². The smallest absolute Gasteiger partial charge is 0.0429 e. The third kappa shape index (κ3) is 3.87. The largest absolute Gasteiger partial charge is 0.292 e. The van der Waals surface area contributed by atoms with Crippen molar-refractivity contribution in [3.05, 3.63) is 71.3 Å². The molecule has 1 nitrogen and oxygen atoms in total. The fourth-order valence-electron chi connectivity index (χ4n) is 1.77. The van der Waals surface area contributed by atoms with Gasteiger partial charge in [-0.05, 0) is 24.5 Å². The van der Waals surface area contributed by atoms with Crippen LogP contribution < -0.4 is 0 Å². The average Bonchev–Trinajstić information content (AvgIpc) is 2.36. The van der Waals surface area contributed by atoms with Crippen LogP contribution in [-0.4, -0.2) is 12.8 Å². The summed E-state index contributed by atoms with van der Waals surface area (Å²) < 4.78 is 0. The van der Waals surface area contributed by atoms with Gasteiger partial charge >= 0.3 is 0 Å². The Morgan fingerprint density at radius 3 is 2.59 bits per heavy atom. The minimum Gasteiger partial charge on any atom is -0.292 e. The van der Waals surface area contributed by atoms with Gasteiger partial charge in [-0.1, -0.05) is 60.2 Å². The summed E-state index contributed by atoms with van der Waals surface area (Å²) in [7, 11) is 0. The second-order valence-corrected chi connectivity index (χ2v) is 4.19. The van der Waals surface area contributed by atoms with Crippen LogP contribution in [0.1, 0.15) is 16.7 Å². The van der Waals surface area contributed by atoms with Crippen molar-refractivity contribution >= 4 is 6.21 Å². The van der Waals surface area contributed by atoms with E-state index in [2.05, 4.69) is 48.3 Å². The van der Waals surface area contributed by atoms with E-state index in [9.17, 15) is 0 Å². The first kappa shape index (κ1) is 11.6. The van der Waals surface area contributed by atoms with E-state index in [1.54, 1.807) is 0 Å². The second kappa shape index (κ2) is 6.00. The van der Waals surface area contributed by atoms with Crippen LogP contribution in [0.4, 0.5) is 0 Å². The van der Waals surface area contributed by atoms with Crippen molar-refractivity contribution in [3.63, 3.8) is 0 Å². The first-order valence-electron chi connectivity index (χ1n) is 5.95. The minimum atomic E-state index is 0.846. The Labute approximate surface area is 103 Å². The van der Waals surface area contributed by atoms with E-state index in [4.69, 9.17) is 0 Å². The highest BCUT2D eigenvalue weighted by Crippen LogP contribution is 2.04. The summed E-state index contributed by atoms with van der Waals surface area (Å²) in [6, 6.07) is 18.8. The zero-order chi connectivity index (χ0) is 11.9. The van der Waals surface area contributed by atoms with Gasteiger partial charge in [-0.3, -0.25) is 4.99 Å². The van der Waals surface area contributed by atoms with Crippen molar-refractivity contribution in [2.45, 2.75) is 13.3 Å². The molecule has 2 aromatic rings. The molecular formula is C16H17N. The molecule has 0 saturated heterocycles. The fourth-order valence-corrected chi connectivity index (χ4v) is 1.77. The Hall–Kier alpha value is -1.89. The van der Waals surface area contributed by atoms with Crippen LogP contribution in [0.3, 0.4) is 0 Å². The van der Waals surface area contributed by atoms with Crippen molar-refractivity contribution in [3.8, 4) is 0 Å². The SMILES string of the molecule is Cc1cccc(CCN=Cc2ccccc2)c1. The number of rotatable bonds is 4. The van der Waals surface area contributed by atoms with Crippen molar-refractivity contribution in [2.24, 2.45) is 4.99 Å². The monoisotopic (exact) mass is 223 g/mol. The Bertz CT molecular complexity index is 486. The molecule has 0 aliphatic rings. The summed E-state index contributed by atoms with van der Waals surface area (Å²) in [6.45, 7) is 2.97. The van der Waals surface area contributed by atoms with E-state index >= 15 is 0 Å². The molecule has 0 bridgehead atoms. The zero-order valence-corrected chi connectivity index (χ0v) is 10.1. The Morgan fingerprint density at radius 1 is 1.00 bits per heavy atom. The predicted molar refractivity (Wildman–Crippen MR) is 73.8 cm³/mol. The maximum Gasteiger partial charge on any atom is 0.0429 e. The van der Waals surface area contributed by atoms with Crippen molar-refractivity contribution < 1.29 is 0 Å². The number of benzene rings is 2. The molecule has 0 aliphatic heterocycles. The van der Waals surface area contributed by atoms with Crippen molar-refractivity contribution in [1.82, 2.24) is 0 Å². The minimum absolute atomic E-state index is 0.846. The molecular weight excluding hydrogens is 206 g/mol. The highest BCUT2D eigenvalue weighted by molar-refractivity contribution is 5.79. The molecule has 0 fully saturated rings. The Balaban J connectivity index is 1.86. The van der Waals surface area contributed by atoms with Gasteiger partial charge in [0.15, 0.2) is 0 Å². The van der Waals surface area contributed by atoms with Crippen LogP contribution in [0.5, 0.6) is 0 Å². The van der Waals surface area contributed by atoms with Crippen molar-refractivity contribution in [2.75, 3.05) is 6.54 Å². The standard InChI is InChI=1S/C16H17N/c1-14-6-5-9-15(12-14)10-11-17-13-16-7-3-2-4-8-16/h2-9,12-13H,10-11H2,1H3. The molecule has 0 aromatic heterocycles. The molecule has 0 unspecified atom stereocenters. The molecule has 0 radical (unpaired) electrons. The number of hydrogen-bond acceptors (Lipinski definition) is 1. The van der Waals surface area contributed by atoms with Crippen LogP contribution in [0, 0.1) is 6.92 Å². The van der Waals surface area contributed by atoms with Gasteiger partial charge in [0, 0.05) is 12.8 Å². The second-order valence-electron chi connectivity index (χ2n) is 4.19. The van der Waals surface area contributed by atoms with Gasteiger partial charge < -0.3 is 0 Å². The van der Waals surface area contributed by atoms with Crippen LogP contribution in [-0.2, 0) is 6.42 Å². The van der Waals surface area contributed by atoms with Crippen LogP contribution in [0.2, 0.25) is 0 Å². The maximum atomic E-state index is 4.44. The van der Waals surface area contributed by atoms with Crippen LogP contribution in [0.25, 0.3) is 0 Å². The molecule has 0 saturated carbocycles. The fraction of sp³-hybridized carbons (Fsp3) is 0.188. The number of hydrogen-bond donors (Lipinski definition) is 0. The van der Waals surface area contributed by atoms with Gasteiger partial charge in [-0.25, -0.2) is 0 Å². The van der Waals surface area contributed by atoms with Gasteiger partial charge in [0.2, 0.25) is 0 Å². The first-order valence-corrected chi connectivity index (χ1v) is 5.95. The van der Waals surface area contributed by atoms with Gasteiger partial charge in [0.25, 0.3) is 0 Å². The van der Waals surface area contributed by atoms with E-state index < -0.39 is 0 Å². The molecule has 1 heteroatoms. The summed E-state index contributed by atoms with van der Waals surface area (Å²) >= 11 is 0. The Kier molecular flexibility index (Phi) is 4.09. The molecule has 0 spiro atoms. The molecule has 0 heterocycles. The third-order valence-corrected chi connectivity index (χ3v) is 2.65. The van der Waals surface area contributed by atoms with Gasteiger partial charge in [-0.2, -0.15) is 0 Å². The quantitative estimate of drug-likeness (QED) is 0.701. The highest BCUT2D eigenvalue weighted by atomic mass is 14.7. The summed E-state index contributed by atoms with van der Waals surface area (Å²) in [5.41, 5.74) is 3.83. The molecule has 17 heavy (non-hydrogen) atoms. The summed E-state index contributed by atoms with van der Waals surface area (Å²) in [5, 5.41) is 0. The average molecular weight is 223 g/mol. The molecule has 0 N–H and O–H groups in total. The lowest BCUT2D eigenvalue weighted by Gasteiger charge is -1.99. The highest BCUT2D eigenvalue weighted by Gasteiger charge is 1.91. The van der Waals surface area contributed by atoms with E-state index in [1.807, 2.05) is 24.4 Å². The summed E-state index contributed by atoms with van der Waals surface area (Å²) in [5.74, 6) is 0.